The van der Waals surface area contributed by atoms with Gasteiger partial charge in [0, 0.05) is 36.6 Å². The quantitative estimate of drug-likeness (QED) is 0.481. The molecule has 2 aliphatic rings. The summed E-state index contributed by atoms with van der Waals surface area (Å²) in [5, 5.41) is 7.97. The second-order valence-corrected chi connectivity index (χ2v) is 9.46. The van der Waals surface area contributed by atoms with Crippen molar-refractivity contribution >= 4 is 5.69 Å². The Morgan fingerprint density at radius 3 is 2.69 bits per heavy atom. The Hall–Kier alpha value is -2.94. The molecule has 1 fully saturated rings. The molecule has 4 heterocycles. The molecule has 0 aliphatic carbocycles. The van der Waals surface area contributed by atoms with Crippen molar-refractivity contribution < 1.29 is 17.6 Å². The van der Waals surface area contributed by atoms with Crippen LogP contribution in [0.3, 0.4) is 0 Å². The van der Waals surface area contributed by atoms with Crippen molar-refractivity contribution in [2.24, 2.45) is 0 Å². The van der Waals surface area contributed by atoms with Gasteiger partial charge in [0.2, 0.25) is 0 Å². The Bertz CT molecular complexity index is 1200. The Morgan fingerprint density at radius 2 is 1.91 bits per heavy atom. The number of aryl methyl sites for hydroxylation is 1. The van der Waals surface area contributed by atoms with E-state index in [1.807, 2.05) is 35.1 Å². The molecule has 0 atom stereocenters. The molecule has 0 unspecified atom stereocenters. The number of rotatable bonds is 4. The van der Waals surface area contributed by atoms with E-state index in [9.17, 15) is 17.6 Å². The van der Waals surface area contributed by atoms with E-state index in [1.165, 1.54) is 0 Å². The molecule has 2 aliphatic heterocycles. The minimum atomic E-state index is -4.55. The van der Waals surface area contributed by atoms with Crippen LogP contribution in [0.5, 0.6) is 0 Å². The Balaban J connectivity index is 1.52. The van der Waals surface area contributed by atoms with Gasteiger partial charge in [-0.25, -0.2) is 4.39 Å². The molecule has 2 aromatic heterocycles. The lowest BCUT2D eigenvalue weighted by molar-refractivity contribution is -0.138. The van der Waals surface area contributed by atoms with Crippen molar-refractivity contribution in [2.75, 3.05) is 24.5 Å². The second kappa shape index (κ2) is 9.60. The summed E-state index contributed by atoms with van der Waals surface area (Å²) in [7, 11) is 0. The largest absolute Gasteiger partial charge is 0.416 e. The molecule has 0 saturated carbocycles. The third-order valence-electron chi connectivity index (χ3n) is 7.12. The van der Waals surface area contributed by atoms with Gasteiger partial charge in [-0.3, -0.25) is 9.67 Å². The average Bonchev–Trinajstić information content (AvgIpc) is 3.22. The zero-order valence-corrected chi connectivity index (χ0v) is 19.7. The van der Waals surface area contributed by atoms with Crippen LogP contribution < -0.4 is 10.2 Å². The van der Waals surface area contributed by atoms with Gasteiger partial charge in [0.25, 0.3) is 0 Å². The first-order chi connectivity index (χ1) is 16.8. The Kier molecular flexibility index (Phi) is 6.53. The summed E-state index contributed by atoms with van der Waals surface area (Å²) in [6.45, 7) is 4.48. The zero-order valence-electron chi connectivity index (χ0n) is 19.7. The smallest absolute Gasteiger partial charge is 0.365 e. The molecule has 1 saturated heterocycles. The number of nitrogens with one attached hydrogen (secondary N) is 1. The molecule has 1 N–H and O–H groups in total. The van der Waals surface area contributed by atoms with Gasteiger partial charge in [-0.2, -0.15) is 18.3 Å². The van der Waals surface area contributed by atoms with Crippen LogP contribution in [0.25, 0.3) is 11.1 Å². The van der Waals surface area contributed by atoms with E-state index in [2.05, 4.69) is 10.4 Å². The first-order valence-corrected chi connectivity index (χ1v) is 12.2. The van der Waals surface area contributed by atoms with Crippen LogP contribution in [0, 0.1) is 12.7 Å². The number of anilines is 1. The monoisotopic (exact) mass is 487 g/mol. The van der Waals surface area contributed by atoms with Crippen LogP contribution >= 0.6 is 0 Å². The molecule has 0 bridgehead atoms. The summed E-state index contributed by atoms with van der Waals surface area (Å²) in [4.78, 5) is 6.67. The van der Waals surface area contributed by atoms with E-state index >= 15 is 0 Å². The van der Waals surface area contributed by atoms with Crippen molar-refractivity contribution in [3.05, 3.63) is 65.0 Å². The van der Waals surface area contributed by atoms with E-state index in [0.29, 0.717) is 12.6 Å². The predicted octanol–water partition coefficient (Wildman–Crippen LogP) is 5.68. The molecule has 1 aromatic carbocycles. The fraction of sp³-hybridized carbons (Fsp3) is 0.462. The minimum Gasteiger partial charge on any atom is -0.365 e. The lowest BCUT2D eigenvalue weighted by Gasteiger charge is -2.28. The fourth-order valence-corrected chi connectivity index (χ4v) is 5.33. The first-order valence-electron chi connectivity index (χ1n) is 12.2. The number of piperidine rings is 1. The summed E-state index contributed by atoms with van der Waals surface area (Å²) in [6.07, 6.45) is 5.72. The van der Waals surface area contributed by atoms with E-state index < -0.39 is 17.6 Å². The number of halogens is 4. The average molecular weight is 488 g/mol. The maximum Gasteiger partial charge on any atom is 0.416 e. The van der Waals surface area contributed by atoms with Gasteiger partial charge >= 0.3 is 6.18 Å². The van der Waals surface area contributed by atoms with Crippen molar-refractivity contribution in [1.82, 2.24) is 20.1 Å². The van der Waals surface area contributed by atoms with Gasteiger partial charge in [0.15, 0.2) is 0 Å². The fourth-order valence-electron chi connectivity index (χ4n) is 5.33. The van der Waals surface area contributed by atoms with E-state index in [0.717, 1.165) is 91.5 Å². The molecular formula is C26H29F4N5. The number of benzene rings is 1. The van der Waals surface area contributed by atoms with Crippen LogP contribution in [0.2, 0.25) is 0 Å². The number of alkyl halides is 3. The lowest BCUT2D eigenvalue weighted by atomic mass is 10.00. The van der Waals surface area contributed by atoms with Crippen LogP contribution in [-0.2, 0) is 19.1 Å². The van der Waals surface area contributed by atoms with Crippen LogP contribution in [0.4, 0.5) is 23.2 Å². The highest BCUT2D eigenvalue weighted by atomic mass is 19.4. The molecule has 3 aromatic rings. The number of aromatic nitrogens is 3. The van der Waals surface area contributed by atoms with Gasteiger partial charge in [0.05, 0.1) is 29.2 Å². The Labute approximate surface area is 202 Å². The van der Waals surface area contributed by atoms with Crippen molar-refractivity contribution in [1.29, 1.82) is 0 Å². The van der Waals surface area contributed by atoms with E-state index in [-0.39, 0.29) is 12.1 Å². The van der Waals surface area contributed by atoms with Crippen LogP contribution in [0.1, 0.15) is 54.1 Å². The van der Waals surface area contributed by atoms with E-state index in [4.69, 9.17) is 4.98 Å². The minimum absolute atomic E-state index is 0.0279. The zero-order chi connectivity index (χ0) is 24.6. The molecule has 0 spiro atoms. The summed E-state index contributed by atoms with van der Waals surface area (Å²) in [5.41, 5.74) is 3.70. The van der Waals surface area contributed by atoms with Crippen molar-refractivity contribution in [3.8, 4) is 11.1 Å². The summed E-state index contributed by atoms with van der Waals surface area (Å²) >= 11 is 0. The molecule has 5 rings (SSSR count). The predicted molar refractivity (Wildman–Crippen MR) is 127 cm³/mol. The van der Waals surface area contributed by atoms with E-state index in [1.54, 1.807) is 0 Å². The van der Waals surface area contributed by atoms with Gasteiger partial charge in [-0.05, 0) is 81.4 Å². The highest BCUT2D eigenvalue weighted by Crippen LogP contribution is 2.38. The number of pyridine rings is 1. The molecule has 5 nitrogen and oxygen atoms in total. The molecular weight excluding hydrogens is 458 g/mol. The van der Waals surface area contributed by atoms with Gasteiger partial charge in [0.1, 0.15) is 5.82 Å². The van der Waals surface area contributed by atoms with Crippen LogP contribution in [0.15, 0.2) is 36.8 Å². The van der Waals surface area contributed by atoms with Gasteiger partial charge in [-0.1, -0.05) is 0 Å². The number of hydrogen-bond donors (Lipinski definition) is 1. The number of hydrogen-bond acceptors (Lipinski definition) is 4. The summed E-state index contributed by atoms with van der Waals surface area (Å²) < 4.78 is 57.0. The highest BCUT2D eigenvalue weighted by Gasteiger charge is 2.34. The molecule has 9 heteroatoms. The second-order valence-electron chi connectivity index (χ2n) is 9.46. The lowest BCUT2D eigenvalue weighted by Crippen LogP contribution is -2.29. The Morgan fingerprint density at radius 1 is 1.11 bits per heavy atom. The standard InChI is InChI=1S/C26H29F4N5/c1-17-22(19-13-33-35(16-19)21-7-9-31-10-8-21)14-32-24-4-2-3-11-34(25(17)24)15-18-12-20(27)5-6-23(18)26(28,29)30/h5-6,12-14,16,21,31H,2-4,7-11,15H2,1H3. The van der Waals surface area contributed by atoms with Crippen LogP contribution in [-0.4, -0.2) is 34.4 Å². The van der Waals surface area contributed by atoms with Gasteiger partial charge in [-0.15, -0.1) is 0 Å². The summed E-state index contributed by atoms with van der Waals surface area (Å²) in [5.74, 6) is -0.669. The number of fused-ring (bicyclic) bond motifs is 1. The maximum absolute atomic E-state index is 14.0. The molecule has 0 amide bonds. The van der Waals surface area contributed by atoms with Crippen molar-refractivity contribution in [2.45, 2.75) is 57.8 Å². The molecule has 186 valence electrons. The number of nitrogens with zero attached hydrogens (tertiary/aromatic N) is 4. The maximum atomic E-state index is 14.0. The highest BCUT2D eigenvalue weighted by molar-refractivity contribution is 5.74. The molecule has 0 radical (unpaired) electrons. The molecule has 35 heavy (non-hydrogen) atoms. The topological polar surface area (TPSA) is 46.0 Å². The SMILES string of the molecule is Cc1c(-c2cnn(C3CCNCC3)c2)cnc2c1N(Cc1cc(F)ccc1C(F)(F)F)CCCC2. The first kappa shape index (κ1) is 23.8. The third kappa shape index (κ3) is 4.91. The van der Waals surface area contributed by atoms with Crippen molar-refractivity contribution in [3.63, 3.8) is 0 Å². The van der Waals surface area contributed by atoms with Gasteiger partial charge < -0.3 is 10.2 Å². The normalized spacial score (nSPS) is 17.3. The summed E-state index contributed by atoms with van der Waals surface area (Å²) in [6, 6.07) is 3.06. The third-order valence-corrected chi connectivity index (χ3v) is 7.12.